The third kappa shape index (κ3) is 1.92. The second-order valence-corrected chi connectivity index (χ2v) is 4.07. The molecule has 1 heterocycles. The molecule has 0 N–H and O–H groups in total. The topological polar surface area (TPSA) is 61.2 Å². The van der Waals surface area contributed by atoms with Gasteiger partial charge < -0.3 is 4.90 Å². The van der Waals surface area contributed by atoms with Gasteiger partial charge in [-0.3, -0.25) is 9.59 Å². The van der Waals surface area contributed by atoms with Crippen LogP contribution in [0.15, 0.2) is 18.2 Å². The minimum absolute atomic E-state index is 0.388. The van der Waals surface area contributed by atoms with Gasteiger partial charge in [-0.15, -0.1) is 0 Å². The Morgan fingerprint density at radius 2 is 2.12 bits per heavy atom. The SMILES string of the molecule is Cc1ccc2c(c1)C(=O)C(=O)N2CCCC#N. The van der Waals surface area contributed by atoms with Crippen LogP contribution in [-0.2, 0) is 4.79 Å². The van der Waals surface area contributed by atoms with E-state index in [1.807, 2.05) is 19.1 Å². The molecule has 0 fully saturated rings. The minimum atomic E-state index is -0.483. The maximum absolute atomic E-state index is 11.8. The van der Waals surface area contributed by atoms with Gasteiger partial charge in [0.15, 0.2) is 0 Å². The number of rotatable bonds is 3. The van der Waals surface area contributed by atoms with Crippen molar-refractivity contribution in [3.63, 3.8) is 0 Å². The molecule has 1 aliphatic rings. The number of fused-ring (bicyclic) bond motifs is 1. The Labute approximate surface area is 99.5 Å². The highest BCUT2D eigenvalue weighted by Crippen LogP contribution is 2.29. The van der Waals surface area contributed by atoms with Gasteiger partial charge in [0, 0.05) is 13.0 Å². The lowest BCUT2D eigenvalue weighted by Crippen LogP contribution is -2.30. The number of hydrogen-bond donors (Lipinski definition) is 0. The average molecular weight is 228 g/mol. The predicted octanol–water partition coefficient (Wildman–Crippen LogP) is 1.83. The Kier molecular flexibility index (Phi) is 2.92. The van der Waals surface area contributed by atoms with Crippen molar-refractivity contribution in [1.29, 1.82) is 5.26 Å². The van der Waals surface area contributed by atoms with Gasteiger partial charge in [0.1, 0.15) is 0 Å². The number of amides is 1. The van der Waals surface area contributed by atoms with Gasteiger partial charge in [-0.2, -0.15) is 5.26 Å². The Hall–Kier alpha value is -2.15. The highest BCUT2D eigenvalue weighted by atomic mass is 16.2. The van der Waals surface area contributed by atoms with Crippen LogP contribution in [0.5, 0.6) is 0 Å². The van der Waals surface area contributed by atoms with Gasteiger partial charge in [0.05, 0.1) is 17.3 Å². The van der Waals surface area contributed by atoms with E-state index >= 15 is 0 Å². The molecule has 0 saturated carbocycles. The molecule has 1 aromatic rings. The fraction of sp³-hybridized carbons (Fsp3) is 0.308. The molecule has 4 heteroatoms. The van der Waals surface area contributed by atoms with Crippen LogP contribution in [0.3, 0.4) is 0 Å². The zero-order valence-electron chi connectivity index (χ0n) is 9.56. The zero-order chi connectivity index (χ0) is 12.4. The Bertz CT molecular complexity index is 529. The first-order valence-electron chi connectivity index (χ1n) is 5.49. The lowest BCUT2D eigenvalue weighted by atomic mass is 10.1. The highest BCUT2D eigenvalue weighted by Gasteiger charge is 2.35. The Morgan fingerprint density at radius 1 is 1.35 bits per heavy atom. The van der Waals surface area contributed by atoms with Crippen LogP contribution in [0.1, 0.15) is 28.8 Å². The standard InChI is InChI=1S/C13H12N2O2/c1-9-4-5-11-10(8-9)12(16)13(17)15(11)7-3-2-6-14/h4-5,8H,2-3,7H2,1H3. The second kappa shape index (κ2) is 4.38. The molecule has 0 aliphatic carbocycles. The van der Waals surface area contributed by atoms with E-state index in [1.54, 1.807) is 12.1 Å². The van der Waals surface area contributed by atoms with E-state index < -0.39 is 11.7 Å². The molecule has 1 amide bonds. The molecule has 0 atom stereocenters. The summed E-state index contributed by atoms with van der Waals surface area (Å²) in [6, 6.07) is 7.43. The van der Waals surface area contributed by atoms with Crippen LogP contribution in [0.4, 0.5) is 5.69 Å². The van der Waals surface area contributed by atoms with Crippen LogP contribution < -0.4 is 4.90 Å². The molecular formula is C13H12N2O2. The summed E-state index contributed by atoms with van der Waals surface area (Å²) in [4.78, 5) is 25.0. The predicted molar refractivity (Wildman–Crippen MR) is 62.7 cm³/mol. The highest BCUT2D eigenvalue weighted by molar-refractivity contribution is 6.52. The number of carbonyl (C=O) groups excluding carboxylic acids is 2. The number of Topliss-reactive ketones (excluding diaryl/α,β-unsaturated/α-hetero) is 1. The molecule has 4 nitrogen and oxygen atoms in total. The number of aryl methyl sites for hydroxylation is 1. The van der Waals surface area contributed by atoms with Crippen LogP contribution in [0, 0.1) is 18.3 Å². The zero-order valence-corrected chi connectivity index (χ0v) is 9.56. The van der Waals surface area contributed by atoms with Crippen molar-refractivity contribution in [3.8, 4) is 6.07 Å². The molecule has 0 spiro atoms. The van der Waals surface area contributed by atoms with Gasteiger partial charge in [-0.25, -0.2) is 0 Å². The largest absolute Gasteiger partial charge is 0.305 e. The van der Waals surface area contributed by atoms with Gasteiger partial charge in [-0.1, -0.05) is 11.6 Å². The normalized spacial score (nSPS) is 13.8. The average Bonchev–Trinajstić information content (AvgIpc) is 2.54. The summed E-state index contributed by atoms with van der Waals surface area (Å²) in [5.74, 6) is -0.927. The Balaban J connectivity index is 2.29. The quantitative estimate of drug-likeness (QED) is 0.585. The van der Waals surface area contributed by atoms with E-state index in [1.165, 1.54) is 4.90 Å². The monoisotopic (exact) mass is 228 g/mol. The molecule has 2 rings (SSSR count). The molecule has 1 aromatic carbocycles. The summed E-state index contributed by atoms with van der Waals surface area (Å²) in [6.45, 7) is 2.31. The Morgan fingerprint density at radius 3 is 2.82 bits per heavy atom. The first kappa shape index (κ1) is 11.3. The maximum Gasteiger partial charge on any atom is 0.299 e. The van der Waals surface area contributed by atoms with E-state index in [0.29, 0.717) is 30.6 Å². The molecule has 0 bridgehead atoms. The third-order valence-corrected chi connectivity index (χ3v) is 2.80. The maximum atomic E-state index is 11.8. The molecule has 0 radical (unpaired) electrons. The van der Waals surface area contributed by atoms with Crippen molar-refractivity contribution in [2.75, 3.05) is 11.4 Å². The third-order valence-electron chi connectivity index (χ3n) is 2.80. The van der Waals surface area contributed by atoms with Crippen molar-refractivity contribution in [1.82, 2.24) is 0 Å². The first-order valence-corrected chi connectivity index (χ1v) is 5.49. The molecule has 0 aromatic heterocycles. The van der Waals surface area contributed by atoms with E-state index in [9.17, 15) is 9.59 Å². The van der Waals surface area contributed by atoms with Gasteiger partial charge >= 0.3 is 0 Å². The molecule has 0 saturated heterocycles. The molecule has 1 aliphatic heterocycles. The van der Waals surface area contributed by atoms with Gasteiger partial charge in [0.25, 0.3) is 11.7 Å². The van der Waals surface area contributed by atoms with Crippen molar-refractivity contribution in [3.05, 3.63) is 29.3 Å². The van der Waals surface area contributed by atoms with E-state index in [4.69, 9.17) is 5.26 Å². The van der Waals surface area contributed by atoms with E-state index in [0.717, 1.165) is 5.56 Å². The van der Waals surface area contributed by atoms with E-state index in [2.05, 4.69) is 0 Å². The van der Waals surface area contributed by atoms with Crippen LogP contribution in [0.2, 0.25) is 0 Å². The number of nitrogens with zero attached hydrogens (tertiary/aromatic N) is 2. The van der Waals surface area contributed by atoms with Crippen LogP contribution in [-0.4, -0.2) is 18.2 Å². The van der Waals surface area contributed by atoms with Crippen molar-refractivity contribution in [2.24, 2.45) is 0 Å². The van der Waals surface area contributed by atoms with Gasteiger partial charge in [0.2, 0.25) is 0 Å². The lowest BCUT2D eigenvalue weighted by Gasteiger charge is -2.15. The van der Waals surface area contributed by atoms with Crippen molar-refractivity contribution >= 4 is 17.4 Å². The number of unbranched alkanes of at least 4 members (excludes halogenated alkanes) is 1. The summed E-state index contributed by atoms with van der Waals surface area (Å²) in [6.07, 6.45) is 0.974. The number of benzene rings is 1. The second-order valence-electron chi connectivity index (χ2n) is 4.07. The number of anilines is 1. The van der Waals surface area contributed by atoms with Crippen molar-refractivity contribution < 1.29 is 9.59 Å². The lowest BCUT2D eigenvalue weighted by molar-refractivity contribution is -0.114. The fourth-order valence-electron chi connectivity index (χ4n) is 1.95. The van der Waals surface area contributed by atoms with Crippen molar-refractivity contribution in [2.45, 2.75) is 19.8 Å². The summed E-state index contributed by atoms with van der Waals surface area (Å²) in [5.41, 5.74) is 2.11. The summed E-state index contributed by atoms with van der Waals surface area (Å²) in [5, 5.41) is 8.47. The first-order chi connectivity index (χ1) is 8.15. The molecule has 86 valence electrons. The summed E-state index contributed by atoms with van der Waals surface area (Å²) < 4.78 is 0. The smallest absolute Gasteiger partial charge is 0.299 e. The van der Waals surface area contributed by atoms with Crippen LogP contribution in [0.25, 0.3) is 0 Å². The number of ketones is 1. The summed E-state index contributed by atoms with van der Waals surface area (Å²) >= 11 is 0. The molecule has 17 heavy (non-hydrogen) atoms. The molecular weight excluding hydrogens is 216 g/mol. The number of hydrogen-bond acceptors (Lipinski definition) is 3. The number of nitriles is 1. The molecule has 0 unspecified atom stereocenters. The van der Waals surface area contributed by atoms with Gasteiger partial charge in [-0.05, 0) is 25.5 Å². The minimum Gasteiger partial charge on any atom is -0.305 e. The summed E-state index contributed by atoms with van der Waals surface area (Å²) in [7, 11) is 0. The van der Waals surface area contributed by atoms with E-state index in [-0.39, 0.29) is 0 Å². The van der Waals surface area contributed by atoms with Crippen LogP contribution >= 0.6 is 0 Å². The fourth-order valence-corrected chi connectivity index (χ4v) is 1.95. The number of carbonyl (C=O) groups is 2.